The summed E-state index contributed by atoms with van der Waals surface area (Å²) in [5, 5.41) is 15.8. The smallest absolute Gasteiger partial charge is 0.317 e. The Bertz CT molecular complexity index is 1000. The van der Waals surface area contributed by atoms with E-state index in [2.05, 4.69) is 74.9 Å². The molecule has 5 rings (SSSR count). The summed E-state index contributed by atoms with van der Waals surface area (Å²) in [6, 6.07) is 19.3. The van der Waals surface area contributed by atoms with Gasteiger partial charge in [0.2, 0.25) is 0 Å². The summed E-state index contributed by atoms with van der Waals surface area (Å²) in [5.41, 5.74) is 6.80. The van der Waals surface area contributed by atoms with Crippen molar-refractivity contribution in [2.45, 2.75) is 18.6 Å². The zero-order valence-corrected chi connectivity index (χ0v) is 20.7. The van der Waals surface area contributed by atoms with Crippen LogP contribution in [0, 0.1) is 0 Å². The molecule has 2 aromatic carbocycles. The molecule has 0 bridgehead atoms. The number of hydroxylamine groups is 1. The van der Waals surface area contributed by atoms with E-state index in [9.17, 15) is 4.79 Å². The van der Waals surface area contributed by atoms with Crippen molar-refractivity contribution < 1.29 is 14.7 Å². The topological polar surface area (TPSA) is 83.9 Å². The SMILES string of the molecule is O=C(O)CN1CCN(CC2CC(c3ccc(C=NN4CCN(c5ccccc5)CC4)cc3)NO2)CC1. The van der Waals surface area contributed by atoms with Gasteiger partial charge in [0.1, 0.15) is 0 Å². The first-order chi connectivity index (χ1) is 17.6. The molecule has 0 saturated carbocycles. The summed E-state index contributed by atoms with van der Waals surface area (Å²) < 4.78 is 0. The van der Waals surface area contributed by atoms with E-state index in [1.54, 1.807) is 0 Å². The number of hydrazone groups is 1. The van der Waals surface area contributed by atoms with Crippen LogP contribution in [0.25, 0.3) is 0 Å². The molecule has 0 aliphatic carbocycles. The maximum atomic E-state index is 10.9. The van der Waals surface area contributed by atoms with Gasteiger partial charge in [0.25, 0.3) is 0 Å². The number of rotatable bonds is 8. The van der Waals surface area contributed by atoms with E-state index in [4.69, 9.17) is 15.0 Å². The minimum Gasteiger partial charge on any atom is -0.480 e. The summed E-state index contributed by atoms with van der Waals surface area (Å²) in [5.74, 6) is -0.756. The van der Waals surface area contributed by atoms with E-state index in [-0.39, 0.29) is 18.7 Å². The number of carboxylic acids is 1. The van der Waals surface area contributed by atoms with E-state index < -0.39 is 5.97 Å². The Morgan fingerprint density at radius 1 is 0.944 bits per heavy atom. The number of carboxylic acid groups (broad SMARTS) is 1. The van der Waals surface area contributed by atoms with Gasteiger partial charge in [0, 0.05) is 51.5 Å². The number of benzene rings is 2. The third-order valence-electron chi connectivity index (χ3n) is 7.25. The molecule has 9 nitrogen and oxygen atoms in total. The van der Waals surface area contributed by atoms with Crippen LogP contribution < -0.4 is 10.4 Å². The van der Waals surface area contributed by atoms with Crippen LogP contribution in [0.15, 0.2) is 59.7 Å². The van der Waals surface area contributed by atoms with Gasteiger partial charge in [-0.05, 0) is 29.7 Å². The zero-order valence-electron chi connectivity index (χ0n) is 20.7. The van der Waals surface area contributed by atoms with Crippen molar-refractivity contribution in [1.29, 1.82) is 0 Å². The number of nitrogens with zero attached hydrogens (tertiary/aromatic N) is 5. The lowest BCUT2D eigenvalue weighted by Gasteiger charge is -2.34. The van der Waals surface area contributed by atoms with Gasteiger partial charge in [-0.25, -0.2) is 0 Å². The van der Waals surface area contributed by atoms with Gasteiger partial charge in [-0.15, -0.1) is 0 Å². The van der Waals surface area contributed by atoms with E-state index >= 15 is 0 Å². The van der Waals surface area contributed by atoms with E-state index in [1.165, 1.54) is 11.3 Å². The Kier molecular flexibility index (Phi) is 8.12. The van der Waals surface area contributed by atoms with Crippen LogP contribution in [0.1, 0.15) is 23.6 Å². The van der Waals surface area contributed by atoms with Crippen molar-refractivity contribution in [2.75, 3.05) is 70.3 Å². The highest BCUT2D eigenvalue weighted by molar-refractivity contribution is 5.79. The third-order valence-corrected chi connectivity index (χ3v) is 7.25. The van der Waals surface area contributed by atoms with Gasteiger partial charge in [0.05, 0.1) is 38.0 Å². The number of carbonyl (C=O) groups is 1. The maximum absolute atomic E-state index is 10.9. The molecule has 3 aliphatic heterocycles. The fourth-order valence-electron chi connectivity index (χ4n) is 5.13. The maximum Gasteiger partial charge on any atom is 0.317 e. The molecule has 3 aliphatic rings. The van der Waals surface area contributed by atoms with Crippen LogP contribution in [-0.4, -0.2) is 104 Å². The highest BCUT2D eigenvalue weighted by Crippen LogP contribution is 2.26. The lowest BCUT2D eigenvalue weighted by Crippen LogP contribution is -2.49. The van der Waals surface area contributed by atoms with Crippen LogP contribution in [0.4, 0.5) is 5.69 Å². The Hall–Kier alpha value is -2.98. The van der Waals surface area contributed by atoms with E-state index in [1.807, 2.05) is 11.1 Å². The third kappa shape index (κ3) is 6.61. The number of hydrogen-bond acceptors (Lipinski definition) is 8. The molecule has 192 valence electrons. The summed E-state index contributed by atoms with van der Waals surface area (Å²) in [7, 11) is 0. The standard InChI is InChI=1S/C27H36N6O3/c34-27(35)21-31-12-10-30(11-13-31)20-25-18-26(29-36-25)23-8-6-22(7-9-23)19-28-33-16-14-32(15-17-33)24-4-2-1-3-5-24/h1-9,19,25-26,29H,10-18,20-21H2,(H,34,35). The second-order valence-electron chi connectivity index (χ2n) is 9.80. The Morgan fingerprint density at radius 3 is 2.33 bits per heavy atom. The molecule has 0 aromatic heterocycles. The minimum absolute atomic E-state index is 0.128. The zero-order chi connectivity index (χ0) is 24.7. The molecule has 2 atom stereocenters. The fraction of sp³-hybridized carbons (Fsp3) is 0.481. The Morgan fingerprint density at radius 2 is 1.64 bits per heavy atom. The largest absolute Gasteiger partial charge is 0.480 e. The van der Waals surface area contributed by atoms with Gasteiger partial charge in [-0.1, -0.05) is 42.5 Å². The van der Waals surface area contributed by atoms with Crippen molar-refractivity contribution in [3.8, 4) is 0 Å². The van der Waals surface area contributed by atoms with Crippen molar-refractivity contribution >= 4 is 17.9 Å². The Balaban J connectivity index is 1.05. The molecule has 36 heavy (non-hydrogen) atoms. The molecule has 0 radical (unpaired) electrons. The van der Waals surface area contributed by atoms with Crippen molar-refractivity contribution in [1.82, 2.24) is 20.3 Å². The normalized spacial score (nSPS) is 24.0. The van der Waals surface area contributed by atoms with Gasteiger partial charge in [-0.3, -0.25) is 24.4 Å². The Labute approximate surface area is 212 Å². The highest BCUT2D eigenvalue weighted by atomic mass is 16.7. The molecule has 2 aromatic rings. The van der Waals surface area contributed by atoms with E-state index in [0.717, 1.165) is 70.9 Å². The molecular formula is C27H36N6O3. The van der Waals surface area contributed by atoms with E-state index in [0.29, 0.717) is 0 Å². The molecule has 2 unspecified atom stereocenters. The molecule has 9 heteroatoms. The molecular weight excluding hydrogens is 456 g/mol. The first-order valence-corrected chi connectivity index (χ1v) is 12.9. The van der Waals surface area contributed by atoms with Crippen LogP contribution in [-0.2, 0) is 9.63 Å². The fourth-order valence-corrected chi connectivity index (χ4v) is 5.13. The average molecular weight is 493 g/mol. The van der Waals surface area contributed by atoms with Crippen LogP contribution in [0.2, 0.25) is 0 Å². The number of hydrogen-bond donors (Lipinski definition) is 2. The first kappa shape index (κ1) is 24.7. The predicted octanol–water partition coefficient (Wildman–Crippen LogP) is 1.88. The predicted molar refractivity (Wildman–Crippen MR) is 140 cm³/mol. The highest BCUT2D eigenvalue weighted by Gasteiger charge is 2.29. The number of para-hydroxylation sites is 1. The van der Waals surface area contributed by atoms with Crippen LogP contribution in [0.3, 0.4) is 0 Å². The van der Waals surface area contributed by atoms with Gasteiger partial charge >= 0.3 is 5.97 Å². The summed E-state index contributed by atoms with van der Waals surface area (Å²) in [6.07, 6.45) is 3.01. The van der Waals surface area contributed by atoms with Crippen LogP contribution >= 0.6 is 0 Å². The lowest BCUT2D eigenvalue weighted by atomic mass is 10.0. The molecule has 3 saturated heterocycles. The lowest BCUT2D eigenvalue weighted by molar-refractivity contribution is -0.138. The number of piperazine rings is 2. The number of nitrogens with one attached hydrogen (secondary N) is 1. The van der Waals surface area contributed by atoms with Crippen molar-refractivity contribution in [3.05, 3.63) is 65.7 Å². The van der Waals surface area contributed by atoms with Crippen molar-refractivity contribution in [3.63, 3.8) is 0 Å². The van der Waals surface area contributed by atoms with Gasteiger partial charge in [0.15, 0.2) is 0 Å². The monoisotopic (exact) mass is 492 g/mol. The molecule has 0 spiro atoms. The van der Waals surface area contributed by atoms with Crippen molar-refractivity contribution in [2.24, 2.45) is 5.10 Å². The molecule has 2 N–H and O–H groups in total. The number of aliphatic carboxylic acids is 1. The average Bonchev–Trinajstić information content (AvgIpc) is 3.38. The first-order valence-electron chi connectivity index (χ1n) is 12.9. The van der Waals surface area contributed by atoms with Gasteiger partial charge in [-0.2, -0.15) is 10.6 Å². The number of anilines is 1. The second-order valence-corrected chi connectivity index (χ2v) is 9.80. The summed E-state index contributed by atoms with van der Waals surface area (Å²) >= 11 is 0. The second kappa shape index (κ2) is 11.8. The minimum atomic E-state index is -0.756. The molecule has 3 fully saturated rings. The molecule has 3 heterocycles. The molecule has 0 amide bonds. The summed E-state index contributed by atoms with van der Waals surface area (Å²) in [4.78, 5) is 23.5. The summed E-state index contributed by atoms with van der Waals surface area (Å²) in [6.45, 7) is 8.14. The van der Waals surface area contributed by atoms with Gasteiger partial charge < -0.3 is 10.0 Å². The quantitative estimate of drug-likeness (QED) is 0.541. The van der Waals surface area contributed by atoms with Crippen LogP contribution in [0.5, 0.6) is 0 Å².